The predicted octanol–water partition coefficient (Wildman–Crippen LogP) is 6.93. The van der Waals surface area contributed by atoms with Gasteiger partial charge >= 0.3 is 0 Å². The van der Waals surface area contributed by atoms with Gasteiger partial charge in [-0.3, -0.25) is 0 Å². The lowest BCUT2D eigenvalue weighted by molar-refractivity contribution is 0.218. The molecule has 5 nitrogen and oxygen atoms in total. The largest absolute Gasteiger partial charge is 0.476 e. The maximum absolute atomic E-state index is 10.2. The van der Waals surface area contributed by atoms with Crippen LogP contribution >= 0.6 is 0 Å². The predicted molar refractivity (Wildman–Crippen MR) is 153 cm³/mol. The minimum absolute atomic E-state index is 0.149. The van der Waals surface area contributed by atoms with E-state index in [1.807, 2.05) is 66.9 Å². The van der Waals surface area contributed by atoms with Crippen molar-refractivity contribution in [2.24, 2.45) is 0 Å². The molecule has 5 heteroatoms. The fourth-order valence-electron chi connectivity index (χ4n) is 5.03. The second-order valence-electron chi connectivity index (χ2n) is 9.23. The standard InChI is InChI=1S/C33H32N4O/c1-3-36(4-2)20-21-38-30-22-29(25-14-8-5-9-15-25)31-28(23-34)24-37(33(31)35-30)32(26-16-10-6-11-17-26)27-18-12-7-13-19-27/h5-19,22,24,32H,3-4,20-21H2,1-2H3. The average Bonchev–Trinajstić information content (AvgIpc) is 3.35. The molecule has 2 aromatic heterocycles. The van der Waals surface area contributed by atoms with Crippen LogP contribution in [0.25, 0.3) is 22.2 Å². The maximum Gasteiger partial charge on any atom is 0.215 e. The Kier molecular flexibility index (Phi) is 7.82. The van der Waals surface area contributed by atoms with Gasteiger partial charge in [0.15, 0.2) is 0 Å². The summed E-state index contributed by atoms with van der Waals surface area (Å²) in [5.41, 5.74) is 5.55. The topological polar surface area (TPSA) is 54.1 Å². The molecule has 0 N–H and O–H groups in total. The monoisotopic (exact) mass is 500 g/mol. The van der Waals surface area contributed by atoms with E-state index in [9.17, 15) is 5.26 Å². The highest BCUT2D eigenvalue weighted by Crippen LogP contribution is 2.38. The number of rotatable bonds is 10. The number of benzene rings is 3. The summed E-state index contributed by atoms with van der Waals surface area (Å²) in [6.45, 7) is 7.64. The molecular formula is C33H32N4O. The Morgan fingerprint density at radius 1 is 0.868 bits per heavy atom. The third-order valence-electron chi connectivity index (χ3n) is 7.02. The highest BCUT2D eigenvalue weighted by Gasteiger charge is 2.24. The highest BCUT2D eigenvalue weighted by atomic mass is 16.5. The minimum atomic E-state index is -0.149. The summed E-state index contributed by atoms with van der Waals surface area (Å²) < 4.78 is 8.38. The Morgan fingerprint density at radius 2 is 1.45 bits per heavy atom. The molecule has 0 bridgehead atoms. The summed E-state index contributed by atoms with van der Waals surface area (Å²) in [4.78, 5) is 7.35. The zero-order valence-electron chi connectivity index (χ0n) is 21.9. The van der Waals surface area contributed by atoms with Crippen LogP contribution in [0.1, 0.15) is 36.6 Å². The first-order valence-corrected chi connectivity index (χ1v) is 13.2. The average molecular weight is 501 g/mol. The quantitative estimate of drug-likeness (QED) is 0.209. The summed E-state index contributed by atoms with van der Waals surface area (Å²) in [6.07, 6.45) is 1.94. The van der Waals surface area contributed by atoms with Crippen LogP contribution in [-0.4, -0.2) is 40.7 Å². The summed E-state index contributed by atoms with van der Waals surface area (Å²) in [7, 11) is 0. The van der Waals surface area contributed by atoms with Crippen molar-refractivity contribution in [2.45, 2.75) is 19.9 Å². The van der Waals surface area contributed by atoms with Crippen LogP contribution in [0.4, 0.5) is 0 Å². The molecule has 38 heavy (non-hydrogen) atoms. The zero-order chi connectivity index (χ0) is 26.3. The molecular weight excluding hydrogens is 468 g/mol. The highest BCUT2D eigenvalue weighted by molar-refractivity contribution is 5.98. The number of nitrogens with zero attached hydrogens (tertiary/aromatic N) is 4. The van der Waals surface area contributed by atoms with Crippen molar-refractivity contribution in [1.82, 2.24) is 14.5 Å². The summed E-state index contributed by atoms with van der Waals surface area (Å²) in [5, 5.41) is 11.1. The second kappa shape index (κ2) is 11.8. The maximum atomic E-state index is 10.2. The number of hydrogen-bond donors (Lipinski definition) is 0. The number of ether oxygens (including phenoxy) is 1. The van der Waals surface area contributed by atoms with Crippen LogP contribution in [0.5, 0.6) is 5.88 Å². The normalized spacial score (nSPS) is 11.2. The number of fused-ring (bicyclic) bond motifs is 1. The van der Waals surface area contributed by atoms with Crippen molar-refractivity contribution in [2.75, 3.05) is 26.2 Å². The molecule has 5 aromatic rings. The van der Waals surface area contributed by atoms with Crippen LogP contribution in [0.3, 0.4) is 0 Å². The molecule has 0 amide bonds. The summed E-state index contributed by atoms with van der Waals surface area (Å²) in [6, 6.07) is 35.2. The van der Waals surface area contributed by atoms with Gasteiger partial charge in [-0.2, -0.15) is 10.2 Å². The Labute approximate surface area is 224 Å². The third-order valence-corrected chi connectivity index (χ3v) is 7.02. The molecule has 2 heterocycles. The number of aromatic nitrogens is 2. The Bertz CT molecular complexity index is 1480. The van der Waals surface area contributed by atoms with E-state index in [0.29, 0.717) is 18.1 Å². The van der Waals surface area contributed by atoms with Crippen molar-refractivity contribution in [1.29, 1.82) is 5.26 Å². The van der Waals surface area contributed by atoms with E-state index in [0.717, 1.165) is 52.9 Å². The molecule has 3 aromatic carbocycles. The first-order chi connectivity index (χ1) is 18.7. The van der Waals surface area contributed by atoms with E-state index in [2.05, 4.69) is 65.8 Å². The van der Waals surface area contributed by atoms with E-state index in [-0.39, 0.29) is 6.04 Å². The summed E-state index contributed by atoms with van der Waals surface area (Å²) >= 11 is 0. The molecule has 0 atom stereocenters. The molecule has 0 aliphatic rings. The van der Waals surface area contributed by atoms with Gasteiger partial charge in [0.05, 0.1) is 11.6 Å². The van der Waals surface area contributed by atoms with E-state index in [4.69, 9.17) is 9.72 Å². The van der Waals surface area contributed by atoms with Gasteiger partial charge in [0.1, 0.15) is 18.3 Å². The van der Waals surface area contributed by atoms with Gasteiger partial charge in [-0.15, -0.1) is 0 Å². The van der Waals surface area contributed by atoms with Gasteiger partial charge < -0.3 is 14.2 Å². The fourth-order valence-corrected chi connectivity index (χ4v) is 5.03. The first kappa shape index (κ1) is 25.3. The van der Waals surface area contributed by atoms with Crippen molar-refractivity contribution in [3.05, 3.63) is 120 Å². The Balaban J connectivity index is 1.72. The van der Waals surface area contributed by atoms with E-state index < -0.39 is 0 Å². The van der Waals surface area contributed by atoms with Crippen molar-refractivity contribution < 1.29 is 4.74 Å². The second-order valence-corrected chi connectivity index (χ2v) is 9.23. The number of pyridine rings is 1. The van der Waals surface area contributed by atoms with Gasteiger partial charge in [-0.05, 0) is 35.3 Å². The molecule has 0 unspecified atom stereocenters. The third kappa shape index (κ3) is 5.18. The number of hydrogen-bond acceptors (Lipinski definition) is 4. The van der Waals surface area contributed by atoms with E-state index in [1.165, 1.54) is 0 Å². The molecule has 0 saturated heterocycles. The number of likely N-dealkylation sites (N-methyl/N-ethyl adjacent to an activating group) is 1. The van der Waals surface area contributed by atoms with Crippen LogP contribution in [0.2, 0.25) is 0 Å². The SMILES string of the molecule is CCN(CC)CCOc1cc(-c2ccccc2)c2c(C#N)cn(C(c3ccccc3)c3ccccc3)c2n1. The Hall–Kier alpha value is -4.40. The van der Waals surface area contributed by atoms with Crippen LogP contribution < -0.4 is 4.74 Å². The van der Waals surface area contributed by atoms with Gasteiger partial charge in [0.25, 0.3) is 0 Å². The van der Waals surface area contributed by atoms with Crippen molar-refractivity contribution in [3.63, 3.8) is 0 Å². The lowest BCUT2D eigenvalue weighted by Crippen LogP contribution is -2.28. The molecule has 0 spiro atoms. The van der Waals surface area contributed by atoms with E-state index >= 15 is 0 Å². The molecule has 0 aliphatic heterocycles. The molecule has 0 radical (unpaired) electrons. The van der Waals surface area contributed by atoms with Gasteiger partial charge in [-0.1, -0.05) is 105 Å². The zero-order valence-corrected chi connectivity index (χ0v) is 21.9. The number of nitriles is 1. The van der Waals surface area contributed by atoms with Crippen LogP contribution in [0, 0.1) is 11.3 Å². The van der Waals surface area contributed by atoms with E-state index in [1.54, 1.807) is 0 Å². The molecule has 0 saturated carbocycles. The smallest absolute Gasteiger partial charge is 0.215 e. The fraction of sp³-hybridized carbons (Fsp3) is 0.212. The molecule has 190 valence electrons. The molecule has 5 rings (SSSR count). The lowest BCUT2D eigenvalue weighted by atomic mass is 9.98. The summed E-state index contributed by atoms with van der Waals surface area (Å²) in [5.74, 6) is 0.562. The molecule has 0 fully saturated rings. The lowest BCUT2D eigenvalue weighted by Gasteiger charge is -2.22. The van der Waals surface area contributed by atoms with Crippen LogP contribution in [-0.2, 0) is 0 Å². The first-order valence-electron chi connectivity index (χ1n) is 13.2. The van der Waals surface area contributed by atoms with Crippen molar-refractivity contribution >= 4 is 11.0 Å². The van der Waals surface area contributed by atoms with Gasteiger partial charge in [-0.25, -0.2) is 0 Å². The minimum Gasteiger partial charge on any atom is -0.476 e. The van der Waals surface area contributed by atoms with Crippen molar-refractivity contribution in [3.8, 4) is 23.1 Å². The van der Waals surface area contributed by atoms with Gasteiger partial charge in [0, 0.05) is 24.2 Å². The molecule has 0 aliphatic carbocycles. The Morgan fingerprint density at radius 3 is 2.00 bits per heavy atom. The van der Waals surface area contributed by atoms with Gasteiger partial charge in [0.2, 0.25) is 5.88 Å². The van der Waals surface area contributed by atoms with Crippen LogP contribution in [0.15, 0.2) is 103 Å².